The molecule has 0 aliphatic rings. The van der Waals surface area contributed by atoms with Gasteiger partial charge < -0.3 is 4.74 Å². The first-order chi connectivity index (χ1) is 10.6. The highest BCUT2D eigenvalue weighted by atomic mass is 35.5. The summed E-state index contributed by atoms with van der Waals surface area (Å²) in [5.74, 6) is 0.231. The number of hydrogen-bond acceptors (Lipinski definition) is 3. The Bertz CT molecular complexity index is 754. The average molecular weight is 332 g/mol. The lowest BCUT2D eigenvalue weighted by atomic mass is 10.0. The van der Waals surface area contributed by atoms with Crippen LogP contribution in [0.4, 0.5) is 0 Å². The zero-order chi connectivity index (χ0) is 16.1. The van der Waals surface area contributed by atoms with Gasteiger partial charge in [0.2, 0.25) is 5.78 Å². The van der Waals surface area contributed by atoms with Crippen molar-refractivity contribution in [3.05, 3.63) is 69.2 Å². The minimum Gasteiger partial charge on any atom is -0.497 e. The van der Waals surface area contributed by atoms with E-state index in [0.29, 0.717) is 26.9 Å². The van der Waals surface area contributed by atoms with Gasteiger partial charge in [0.15, 0.2) is 0 Å². The van der Waals surface area contributed by atoms with Gasteiger partial charge in [0.25, 0.3) is 0 Å². The van der Waals surface area contributed by atoms with E-state index in [1.165, 1.54) is 13.2 Å². The van der Waals surface area contributed by atoms with E-state index in [2.05, 4.69) is 0 Å². The summed E-state index contributed by atoms with van der Waals surface area (Å²) in [5.41, 5.74) is 0.793. The van der Waals surface area contributed by atoms with Crippen molar-refractivity contribution in [2.24, 2.45) is 0 Å². The molecule has 2 aromatic carbocycles. The third-order valence-corrected chi connectivity index (χ3v) is 3.66. The van der Waals surface area contributed by atoms with Crippen LogP contribution in [0, 0.1) is 11.3 Å². The number of allylic oxidation sites excluding steroid dienone is 1. The molecule has 0 aliphatic heterocycles. The highest BCUT2D eigenvalue weighted by Gasteiger charge is 2.14. The van der Waals surface area contributed by atoms with Crippen LogP contribution >= 0.6 is 23.2 Å². The minimum atomic E-state index is -0.402. The molecule has 0 N–H and O–H groups in total. The fourth-order valence-corrected chi connectivity index (χ4v) is 2.35. The van der Waals surface area contributed by atoms with Crippen LogP contribution in [-0.4, -0.2) is 12.9 Å². The number of nitriles is 1. The summed E-state index contributed by atoms with van der Waals surface area (Å²) in [7, 11) is 1.54. The molecule has 0 aromatic heterocycles. The van der Waals surface area contributed by atoms with Gasteiger partial charge in [-0.25, -0.2) is 0 Å². The molecule has 0 aliphatic carbocycles. The first-order valence-corrected chi connectivity index (χ1v) is 7.07. The number of carbonyl (C=O) groups is 1. The summed E-state index contributed by atoms with van der Waals surface area (Å²) in [5, 5.41) is 10.0. The number of hydrogen-bond donors (Lipinski definition) is 0. The average Bonchev–Trinajstić information content (AvgIpc) is 2.54. The normalized spacial score (nSPS) is 10.9. The van der Waals surface area contributed by atoms with E-state index in [1.54, 1.807) is 42.5 Å². The fraction of sp³-hybridized carbons (Fsp3) is 0.0588. The molecule has 2 rings (SSSR count). The van der Waals surface area contributed by atoms with Crippen molar-refractivity contribution < 1.29 is 9.53 Å². The highest BCUT2D eigenvalue weighted by Crippen LogP contribution is 2.27. The fourth-order valence-electron chi connectivity index (χ4n) is 1.84. The summed E-state index contributed by atoms with van der Waals surface area (Å²) in [6.45, 7) is 0. The Balaban J connectivity index is 2.41. The van der Waals surface area contributed by atoms with Crippen molar-refractivity contribution in [2.45, 2.75) is 0 Å². The molecule has 0 radical (unpaired) electrons. The molecule has 2 aromatic rings. The summed E-state index contributed by atoms with van der Waals surface area (Å²) < 4.78 is 5.04. The van der Waals surface area contributed by atoms with Gasteiger partial charge in [-0.1, -0.05) is 29.3 Å². The molecular formula is C17H11Cl2NO2. The number of nitrogens with zero attached hydrogens (tertiary/aromatic N) is 1. The highest BCUT2D eigenvalue weighted by molar-refractivity contribution is 6.37. The van der Waals surface area contributed by atoms with Crippen molar-refractivity contribution in [1.29, 1.82) is 5.26 Å². The molecule has 0 saturated heterocycles. The number of benzene rings is 2. The van der Waals surface area contributed by atoms with Gasteiger partial charge in [-0.15, -0.1) is 0 Å². The lowest BCUT2D eigenvalue weighted by Crippen LogP contribution is -2.02. The predicted molar refractivity (Wildman–Crippen MR) is 87.4 cm³/mol. The topological polar surface area (TPSA) is 50.1 Å². The molecule has 110 valence electrons. The maximum Gasteiger partial charge on any atom is 0.203 e. The van der Waals surface area contributed by atoms with E-state index in [-0.39, 0.29) is 5.57 Å². The van der Waals surface area contributed by atoms with Gasteiger partial charge in [0.1, 0.15) is 17.4 Å². The van der Waals surface area contributed by atoms with Gasteiger partial charge in [0, 0.05) is 21.2 Å². The third kappa shape index (κ3) is 3.48. The number of rotatable bonds is 4. The molecule has 3 nitrogen and oxygen atoms in total. The van der Waals surface area contributed by atoms with Crippen molar-refractivity contribution in [1.82, 2.24) is 0 Å². The van der Waals surface area contributed by atoms with Crippen molar-refractivity contribution in [3.63, 3.8) is 0 Å². The van der Waals surface area contributed by atoms with E-state index < -0.39 is 5.78 Å². The zero-order valence-corrected chi connectivity index (χ0v) is 13.2. The van der Waals surface area contributed by atoms with Crippen LogP contribution in [0.3, 0.4) is 0 Å². The molecule has 0 bridgehead atoms. The Morgan fingerprint density at radius 3 is 2.23 bits per heavy atom. The predicted octanol–water partition coefficient (Wildman–Crippen LogP) is 4.79. The number of Topliss-reactive ketones (excluding diaryl/α,β-unsaturated/α-hetero) is 1. The summed E-state index contributed by atoms with van der Waals surface area (Å²) in [4.78, 5) is 12.4. The first-order valence-electron chi connectivity index (χ1n) is 6.31. The quantitative estimate of drug-likeness (QED) is 0.459. The third-order valence-electron chi connectivity index (χ3n) is 3.01. The largest absolute Gasteiger partial charge is 0.497 e. The van der Waals surface area contributed by atoms with E-state index in [4.69, 9.17) is 27.9 Å². The lowest BCUT2D eigenvalue weighted by molar-refractivity contribution is 0.104. The van der Waals surface area contributed by atoms with Crippen LogP contribution in [0.2, 0.25) is 10.0 Å². The molecule has 0 heterocycles. The number of ether oxygens (including phenoxy) is 1. The second-order valence-corrected chi connectivity index (χ2v) is 5.18. The van der Waals surface area contributed by atoms with Crippen LogP contribution in [0.25, 0.3) is 6.08 Å². The van der Waals surface area contributed by atoms with E-state index in [9.17, 15) is 10.1 Å². The summed E-state index contributed by atoms with van der Waals surface area (Å²) in [6, 6.07) is 13.4. The smallest absolute Gasteiger partial charge is 0.203 e. The first kappa shape index (κ1) is 16.1. The van der Waals surface area contributed by atoms with Gasteiger partial charge in [0.05, 0.1) is 7.11 Å². The van der Waals surface area contributed by atoms with Crippen molar-refractivity contribution >= 4 is 35.1 Å². The van der Waals surface area contributed by atoms with Crippen LogP contribution in [0.1, 0.15) is 15.9 Å². The van der Waals surface area contributed by atoms with Gasteiger partial charge in [-0.05, 0) is 42.5 Å². The number of ketones is 1. The second-order valence-electron chi connectivity index (χ2n) is 4.36. The molecule has 0 spiro atoms. The van der Waals surface area contributed by atoms with Gasteiger partial charge in [-0.2, -0.15) is 5.26 Å². The molecule has 0 saturated carbocycles. The van der Waals surface area contributed by atoms with E-state index in [0.717, 1.165) is 0 Å². The van der Waals surface area contributed by atoms with Crippen molar-refractivity contribution in [2.75, 3.05) is 7.11 Å². The maximum absolute atomic E-state index is 12.4. The molecule has 5 heteroatoms. The number of carbonyl (C=O) groups excluding carboxylic acids is 1. The Kier molecular flexibility index (Phi) is 5.21. The van der Waals surface area contributed by atoms with E-state index >= 15 is 0 Å². The Labute approximate surface area is 138 Å². The Morgan fingerprint density at radius 1 is 1.14 bits per heavy atom. The molecule has 0 amide bonds. The van der Waals surface area contributed by atoms with E-state index in [1.807, 2.05) is 6.07 Å². The molecule has 0 atom stereocenters. The molecule has 0 unspecified atom stereocenters. The maximum atomic E-state index is 12.4. The summed E-state index contributed by atoms with van der Waals surface area (Å²) in [6.07, 6.45) is 1.40. The Hall–Kier alpha value is -2.28. The molecule has 22 heavy (non-hydrogen) atoms. The minimum absolute atomic E-state index is 0.0415. The van der Waals surface area contributed by atoms with Crippen LogP contribution in [0.5, 0.6) is 5.75 Å². The van der Waals surface area contributed by atoms with Crippen LogP contribution in [-0.2, 0) is 0 Å². The second kappa shape index (κ2) is 7.13. The van der Waals surface area contributed by atoms with Gasteiger partial charge >= 0.3 is 0 Å². The van der Waals surface area contributed by atoms with Crippen LogP contribution in [0.15, 0.2) is 48.0 Å². The Morgan fingerprint density at radius 2 is 1.73 bits per heavy atom. The lowest BCUT2D eigenvalue weighted by Gasteiger charge is -2.04. The molecule has 0 fully saturated rings. The SMILES string of the molecule is COc1ccc(C(=O)/C(C#N)=C/c2c(Cl)cccc2Cl)cc1. The standard InChI is InChI=1S/C17H11Cl2NO2/c1-22-13-7-5-11(6-8-13)17(21)12(10-20)9-14-15(18)3-2-4-16(14)19/h2-9H,1H3/b12-9+. The summed E-state index contributed by atoms with van der Waals surface area (Å²) >= 11 is 12.1. The van der Waals surface area contributed by atoms with Gasteiger partial charge in [-0.3, -0.25) is 4.79 Å². The molecular weight excluding hydrogens is 321 g/mol. The monoisotopic (exact) mass is 331 g/mol. The van der Waals surface area contributed by atoms with Crippen molar-refractivity contribution in [3.8, 4) is 11.8 Å². The zero-order valence-electron chi connectivity index (χ0n) is 11.6. The van der Waals surface area contributed by atoms with Crippen LogP contribution < -0.4 is 4.74 Å². The number of methoxy groups -OCH3 is 1. The number of halogens is 2.